The predicted octanol–water partition coefficient (Wildman–Crippen LogP) is 3.84. The Hall–Kier alpha value is -2.62. The lowest BCUT2D eigenvalue weighted by Crippen LogP contribution is -2.03. The molecule has 3 nitrogen and oxygen atoms in total. The lowest BCUT2D eigenvalue weighted by molar-refractivity contribution is 0.0697. The van der Waals surface area contributed by atoms with Crippen molar-refractivity contribution in [2.75, 3.05) is 0 Å². The lowest BCUT2D eigenvalue weighted by Gasteiger charge is -2.09. The maximum absolute atomic E-state index is 13.7. The Labute approximate surface area is 121 Å². The van der Waals surface area contributed by atoms with E-state index in [9.17, 15) is 9.18 Å². The molecule has 0 aliphatic carbocycles. The molecule has 0 unspecified atom stereocenters. The second kappa shape index (κ2) is 5.05. The quantitative estimate of drug-likeness (QED) is 0.793. The standard InChI is InChI=1S/C17H14FNO2/c1-11-9-12(17(20)21)5-6-13(11)10-19-8-7-14-15(18)3-2-4-16(14)19/h2-9H,10H2,1H3,(H,20,21). The average molecular weight is 283 g/mol. The number of aryl methyl sites for hydroxylation is 1. The van der Waals surface area contributed by atoms with Crippen LogP contribution in [0.5, 0.6) is 0 Å². The van der Waals surface area contributed by atoms with Crippen LogP contribution in [0.2, 0.25) is 0 Å². The van der Waals surface area contributed by atoms with E-state index in [2.05, 4.69) is 0 Å². The van der Waals surface area contributed by atoms with Gasteiger partial charge in [-0.05, 0) is 48.4 Å². The van der Waals surface area contributed by atoms with Crippen molar-refractivity contribution in [2.45, 2.75) is 13.5 Å². The zero-order valence-electron chi connectivity index (χ0n) is 11.5. The molecule has 0 saturated carbocycles. The first-order valence-electron chi connectivity index (χ1n) is 6.62. The molecule has 0 saturated heterocycles. The summed E-state index contributed by atoms with van der Waals surface area (Å²) >= 11 is 0. The first-order valence-corrected chi connectivity index (χ1v) is 6.62. The molecule has 0 bridgehead atoms. The molecule has 1 aromatic heterocycles. The highest BCUT2D eigenvalue weighted by molar-refractivity contribution is 5.88. The summed E-state index contributed by atoms with van der Waals surface area (Å²) in [5.74, 6) is -1.16. The number of nitrogens with zero attached hydrogens (tertiary/aromatic N) is 1. The number of carboxylic acid groups (broad SMARTS) is 1. The number of rotatable bonds is 3. The normalized spacial score (nSPS) is 11.0. The van der Waals surface area contributed by atoms with Crippen LogP contribution in [-0.2, 0) is 6.54 Å². The predicted molar refractivity (Wildman–Crippen MR) is 79.1 cm³/mol. The molecule has 0 amide bonds. The van der Waals surface area contributed by atoms with Crippen molar-refractivity contribution in [3.63, 3.8) is 0 Å². The first kappa shape index (κ1) is 13.4. The Kier molecular flexibility index (Phi) is 3.22. The molecule has 0 radical (unpaired) electrons. The molecule has 1 heterocycles. The zero-order valence-corrected chi connectivity index (χ0v) is 11.5. The Bertz CT molecular complexity index is 836. The molecule has 0 atom stereocenters. The lowest BCUT2D eigenvalue weighted by atomic mass is 10.0. The number of aromatic carboxylic acids is 1. The monoisotopic (exact) mass is 283 g/mol. The molecular formula is C17H14FNO2. The van der Waals surface area contributed by atoms with E-state index in [0.717, 1.165) is 16.6 Å². The summed E-state index contributed by atoms with van der Waals surface area (Å²) in [5, 5.41) is 9.58. The van der Waals surface area contributed by atoms with Crippen LogP contribution in [-0.4, -0.2) is 15.6 Å². The minimum absolute atomic E-state index is 0.232. The summed E-state index contributed by atoms with van der Waals surface area (Å²) in [6, 6.07) is 11.8. The number of aromatic nitrogens is 1. The summed E-state index contributed by atoms with van der Waals surface area (Å²) in [7, 11) is 0. The highest BCUT2D eigenvalue weighted by Gasteiger charge is 2.09. The Morgan fingerprint density at radius 3 is 2.76 bits per heavy atom. The molecule has 2 aromatic carbocycles. The summed E-state index contributed by atoms with van der Waals surface area (Å²) in [6.07, 6.45) is 1.85. The van der Waals surface area contributed by atoms with Gasteiger partial charge in [0.05, 0.1) is 11.1 Å². The van der Waals surface area contributed by atoms with Gasteiger partial charge < -0.3 is 9.67 Å². The van der Waals surface area contributed by atoms with Crippen molar-refractivity contribution in [1.29, 1.82) is 0 Å². The SMILES string of the molecule is Cc1cc(C(=O)O)ccc1Cn1ccc2c(F)cccc21. The first-order chi connectivity index (χ1) is 10.1. The van der Waals surface area contributed by atoms with Crippen molar-refractivity contribution in [3.8, 4) is 0 Å². The molecule has 0 fully saturated rings. The van der Waals surface area contributed by atoms with Crippen molar-refractivity contribution in [2.24, 2.45) is 0 Å². The number of carbonyl (C=O) groups is 1. The molecule has 3 aromatic rings. The van der Waals surface area contributed by atoms with E-state index in [0.29, 0.717) is 11.9 Å². The molecule has 4 heteroatoms. The third-order valence-corrected chi connectivity index (χ3v) is 3.69. The van der Waals surface area contributed by atoms with Gasteiger partial charge in [0.15, 0.2) is 0 Å². The van der Waals surface area contributed by atoms with Gasteiger partial charge in [-0.15, -0.1) is 0 Å². The zero-order chi connectivity index (χ0) is 15.0. The van der Waals surface area contributed by atoms with Gasteiger partial charge in [-0.2, -0.15) is 0 Å². The van der Waals surface area contributed by atoms with Crippen LogP contribution in [0.15, 0.2) is 48.7 Å². The summed E-state index contributed by atoms with van der Waals surface area (Å²) in [4.78, 5) is 10.9. The van der Waals surface area contributed by atoms with E-state index in [-0.39, 0.29) is 11.4 Å². The van der Waals surface area contributed by atoms with Crippen molar-refractivity contribution in [1.82, 2.24) is 4.57 Å². The van der Waals surface area contributed by atoms with Crippen LogP contribution in [0.4, 0.5) is 4.39 Å². The molecule has 0 aliphatic rings. The fraction of sp³-hybridized carbons (Fsp3) is 0.118. The molecule has 106 valence electrons. The summed E-state index contributed by atoms with van der Waals surface area (Å²) in [5.41, 5.74) is 3.03. The van der Waals surface area contributed by atoms with E-state index in [4.69, 9.17) is 5.11 Å². The minimum atomic E-state index is -0.932. The van der Waals surface area contributed by atoms with E-state index in [1.165, 1.54) is 6.07 Å². The maximum Gasteiger partial charge on any atom is 0.335 e. The molecule has 21 heavy (non-hydrogen) atoms. The third-order valence-electron chi connectivity index (χ3n) is 3.69. The number of hydrogen-bond acceptors (Lipinski definition) is 1. The number of benzene rings is 2. The summed E-state index contributed by atoms with van der Waals surface area (Å²) in [6.45, 7) is 2.47. The Morgan fingerprint density at radius 2 is 2.05 bits per heavy atom. The maximum atomic E-state index is 13.7. The third kappa shape index (κ3) is 2.40. The van der Waals surface area contributed by atoms with Gasteiger partial charge in [0.25, 0.3) is 0 Å². The smallest absolute Gasteiger partial charge is 0.335 e. The van der Waals surface area contributed by atoms with E-state index >= 15 is 0 Å². The largest absolute Gasteiger partial charge is 0.478 e. The minimum Gasteiger partial charge on any atom is -0.478 e. The highest BCUT2D eigenvalue weighted by Crippen LogP contribution is 2.21. The second-order valence-electron chi connectivity index (χ2n) is 5.06. The summed E-state index contributed by atoms with van der Waals surface area (Å²) < 4.78 is 15.6. The second-order valence-corrected chi connectivity index (χ2v) is 5.06. The van der Waals surface area contributed by atoms with Crippen LogP contribution >= 0.6 is 0 Å². The van der Waals surface area contributed by atoms with Crippen LogP contribution in [0.1, 0.15) is 21.5 Å². The highest BCUT2D eigenvalue weighted by atomic mass is 19.1. The molecule has 0 spiro atoms. The molecular weight excluding hydrogens is 269 g/mol. The molecule has 3 rings (SSSR count). The van der Waals surface area contributed by atoms with Crippen molar-refractivity contribution < 1.29 is 14.3 Å². The van der Waals surface area contributed by atoms with Crippen molar-refractivity contribution in [3.05, 3.63) is 71.2 Å². The van der Waals surface area contributed by atoms with E-state index < -0.39 is 5.97 Å². The van der Waals surface area contributed by atoms with Crippen LogP contribution < -0.4 is 0 Å². The van der Waals surface area contributed by atoms with Gasteiger partial charge in [-0.25, -0.2) is 9.18 Å². The number of carboxylic acids is 1. The van der Waals surface area contributed by atoms with Gasteiger partial charge in [-0.3, -0.25) is 0 Å². The van der Waals surface area contributed by atoms with Crippen molar-refractivity contribution >= 4 is 16.9 Å². The fourth-order valence-electron chi connectivity index (χ4n) is 2.51. The topological polar surface area (TPSA) is 42.2 Å². The van der Waals surface area contributed by atoms with Crippen LogP contribution in [0, 0.1) is 12.7 Å². The van der Waals surface area contributed by atoms with E-state index in [1.54, 1.807) is 24.3 Å². The average Bonchev–Trinajstić information content (AvgIpc) is 2.85. The Morgan fingerprint density at radius 1 is 1.24 bits per heavy atom. The van der Waals surface area contributed by atoms with Crippen LogP contribution in [0.25, 0.3) is 10.9 Å². The number of hydrogen-bond donors (Lipinski definition) is 1. The fourth-order valence-corrected chi connectivity index (χ4v) is 2.51. The van der Waals surface area contributed by atoms with Gasteiger partial charge in [0.2, 0.25) is 0 Å². The van der Waals surface area contributed by atoms with E-state index in [1.807, 2.05) is 29.8 Å². The van der Waals surface area contributed by atoms with Gasteiger partial charge in [-0.1, -0.05) is 12.1 Å². The molecule has 1 N–H and O–H groups in total. The number of halogens is 1. The molecule has 0 aliphatic heterocycles. The number of fused-ring (bicyclic) bond motifs is 1. The van der Waals surface area contributed by atoms with Gasteiger partial charge in [0, 0.05) is 18.1 Å². The van der Waals surface area contributed by atoms with Gasteiger partial charge in [0.1, 0.15) is 5.82 Å². The van der Waals surface area contributed by atoms with Gasteiger partial charge >= 0.3 is 5.97 Å². The Balaban J connectivity index is 1.99. The van der Waals surface area contributed by atoms with Crippen LogP contribution in [0.3, 0.4) is 0 Å².